The average molecular weight is 615 g/mol. The lowest BCUT2D eigenvalue weighted by molar-refractivity contribution is 0.133. The van der Waals surface area contributed by atoms with E-state index in [1.165, 1.54) is 29.4 Å². The third kappa shape index (κ3) is 7.32. The maximum Gasteiger partial charge on any atom is 0.415 e. The van der Waals surface area contributed by atoms with Crippen LogP contribution < -0.4 is 19.4 Å². The molecule has 0 spiro atoms. The number of aromatic nitrogens is 1. The van der Waals surface area contributed by atoms with Crippen molar-refractivity contribution in [2.75, 3.05) is 53.7 Å². The van der Waals surface area contributed by atoms with Crippen molar-refractivity contribution in [2.45, 2.75) is 22.4 Å². The number of rotatable bonds is 8. The predicted octanol–water partition coefficient (Wildman–Crippen LogP) is 3.28. The minimum Gasteiger partial charge on any atom is -0.445 e. The fourth-order valence-electron chi connectivity index (χ4n) is 4.16. The number of cyclic esters (lactones) is 1. The highest BCUT2D eigenvalue weighted by Gasteiger charge is 2.37. The van der Waals surface area contributed by atoms with Gasteiger partial charge in [-0.15, -0.1) is 0 Å². The SMILES string of the molecule is CS(=O)(=O)N[C@H]1CCN(c2ccc(N3C[C@H](CN(C(=O)OCC(Cl)(Cl)Cl)c4ccon4)OC3=O)cc2F)C1. The summed E-state index contributed by atoms with van der Waals surface area (Å²) in [4.78, 5) is 29.2. The number of hydrogen-bond acceptors (Lipinski definition) is 9. The molecule has 0 radical (unpaired) electrons. The molecular formula is C21H23Cl3FN5O7S. The van der Waals surface area contributed by atoms with Crippen molar-refractivity contribution in [3.05, 3.63) is 36.3 Å². The van der Waals surface area contributed by atoms with Crippen LogP contribution in [0.2, 0.25) is 0 Å². The largest absolute Gasteiger partial charge is 0.445 e. The predicted molar refractivity (Wildman–Crippen MR) is 138 cm³/mol. The van der Waals surface area contributed by atoms with Gasteiger partial charge < -0.3 is 18.9 Å². The molecule has 2 aliphatic heterocycles. The lowest BCUT2D eigenvalue weighted by atomic mass is 10.2. The molecule has 2 saturated heterocycles. The van der Waals surface area contributed by atoms with E-state index in [-0.39, 0.29) is 36.3 Å². The van der Waals surface area contributed by atoms with Crippen LogP contribution in [-0.4, -0.2) is 80.7 Å². The molecule has 12 nitrogen and oxygen atoms in total. The van der Waals surface area contributed by atoms with Crippen molar-refractivity contribution in [3.8, 4) is 0 Å². The number of carbonyl (C=O) groups is 2. The Hall–Kier alpha value is -2.52. The first-order valence-corrected chi connectivity index (χ1v) is 14.2. The standard InChI is InChI=1S/C21H23Cl3FN5O7S/c1-38(33,34)27-13-4-6-28(9-13)17-3-2-14(8-16(17)25)29-10-15(37-20(29)32)11-30(18-5-7-36-26-18)19(31)35-12-21(22,23)24/h2-3,5,7-8,13,15,27H,4,6,9-12H2,1H3/t13-,15+/m0/s1. The number of nitrogens with one attached hydrogen (secondary N) is 1. The second-order valence-electron chi connectivity index (χ2n) is 8.71. The van der Waals surface area contributed by atoms with Gasteiger partial charge in [-0.25, -0.2) is 27.1 Å². The molecule has 0 saturated carbocycles. The van der Waals surface area contributed by atoms with E-state index in [1.807, 2.05) is 0 Å². The molecule has 208 valence electrons. The van der Waals surface area contributed by atoms with Crippen LogP contribution in [0.4, 0.5) is 31.2 Å². The molecule has 2 fully saturated rings. The zero-order chi connectivity index (χ0) is 27.7. The summed E-state index contributed by atoms with van der Waals surface area (Å²) in [6.07, 6.45) is 0.358. The number of nitrogens with zero attached hydrogens (tertiary/aromatic N) is 4. The number of hydrogen-bond donors (Lipinski definition) is 1. The van der Waals surface area contributed by atoms with Gasteiger partial charge in [-0.2, -0.15) is 0 Å². The minimum atomic E-state index is -3.38. The Kier molecular flexibility index (Phi) is 8.47. The van der Waals surface area contributed by atoms with Crippen molar-refractivity contribution in [3.63, 3.8) is 0 Å². The Labute approximate surface area is 232 Å². The number of ether oxygens (including phenoxy) is 2. The summed E-state index contributed by atoms with van der Waals surface area (Å²) in [6.45, 7) is 0.0619. The van der Waals surface area contributed by atoms with E-state index in [0.717, 1.165) is 11.2 Å². The van der Waals surface area contributed by atoms with Crippen LogP contribution in [0.1, 0.15) is 6.42 Å². The van der Waals surface area contributed by atoms with Crippen molar-refractivity contribution in [2.24, 2.45) is 0 Å². The van der Waals surface area contributed by atoms with Gasteiger partial charge in [-0.1, -0.05) is 40.0 Å². The number of alkyl halides is 3. The average Bonchev–Trinajstić information content (AvgIpc) is 3.56. The highest BCUT2D eigenvalue weighted by Crippen LogP contribution is 2.31. The summed E-state index contributed by atoms with van der Waals surface area (Å²) in [5.41, 5.74) is 0.528. The van der Waals surface area contributed by atoms with Crippen LogP contribution in [0.25, 0.3) is 0 Å². The Balaban J connectivity index is 1.42. The van der Waals surface area contributed by atoms with E-state index in [9.17, 15) is 18.0 Å². The number of amides is 2. The summed E-state index contributed by atoms with van der Waals surface area (Å²) >= 11 is 16.9. The van der Waals surface area contributed by atoms with E-state index in [2.05, 4.69) is 9.88 Å². The van der Waals surface area contributed by atoms with E-state index < -0.39 is 44.5 Å². The van der Waals surface area contributed by atoms with Gasteiger partial charge in [0, 0.05) is 25.2 Å². The van der Waals surface area contributed by atoms with Crippen LogP contribution in [0.3, 0.4) is 0 Å². The molecule has 1 N–H and O–H groups in total. The van der Waals surface area contributed by atoms with E-state index in [4.69, 9.17) is 48.8 Å². The minimum absolute atomic E-state index is 0.00618. The number of sulfonamides is 1. The first kappa shape index (κ1) is 28.5. The second-order valence-corrected chi connectivity index (χ2v) is 13.0. The number of halogens is 4. The van der Waals surface area contributed by atoms with Crippen LogP contribution in [0.15, 0.2) is 35.1 Å². The van der Waals surface area contributed by atoms with Crippen LogP contribution in [-0.2, 0) is 19.5 Å². The van der Waals surface area contributed by atoms with Crippen LogP contribution in [0, 0.1) is 5.82 Å². The van der Waals surface area contributed by atoms with E-state index >= 15 is 4.39 Å². The van der Waals surface area contributed by atoms with Gasteiger partial charge in [0.15, 0.2) is 5.82 Å². The van der Waals surface area contributed by atoms with Gasteiger partial charge >= 0.3 is 12.2 Å². The van der Waals surface area contributed by atoms with Crippen molar-refractivity contribution < 1.29 is 36.4 Å². The molecule has 2 aliphatic rings. The molecule has 4 rings (SSSR count). The fraction of sp³-hybridized carbons (Fsp3) is 0.476. The highest BCUT2D eigenvalue weighted by molar-refractivity contribution is 7.88. The van der Waals surface area contributed by atoms with Gasteiger partial charge in [-0.05, 0) is 24.6 Å². The maximum atomic E-state index is 15.0. The van der Waals surface area contributed by atoms with Gasteiger partial charge in [-0.3, -0.25) is 9.80 Å². The molecule has 3 heterocycles. The molecule has 0 bridgehead atoms. The van der Waals surface area contributed by atoms with Crippen LogP contribution in [0.5, 0.6) is 0 Å². The first-order valence-electron chi connectivity index (χ1n) is 11.2. The van der Waals surface area contributed by atoms with E-state index in [0.29, 0.717) is 19.5 Å². The lowest BCUT2D eigenvalue weighted by Gasteiger charge is -2.23. The van der Waals surface area contributed by atoms with Crippen molar-refractivity contribution in [1.29, 1.82) is 0 Å². The number of anilines is 3. The molecule has 2 aromatic rings. The Morgan fingerprint density at radius 2 is 2.08 bits per heavy atom. The topological polar surface area (TPSA) is 135 Å². The molecule has 0 aliphatic carbocycles. The molecular weight excluding hydrogens is 592 g/mol. The van der Waals surface area contributed by atoms with Gasteiger partial charge in [0.25, 0.3) is 0 Å². The highest BCUT2D eigenvalue weighted by atomic mass is 35.6. The van der Waals surface area contributed by atoms with Crippen LogP contribution >= 0.6 is 34.8 Å². The van der Waals surface area contributed by atoms with Gasteiger partial charge in [0.05, 0.1) is 30.7 Å². The maximum absolute atomic E-state index is 15.0. The lowest BCUT2D eigenvalue weighted by Crippen LogP contribution is -2.40. The second kappa shape index (κ2) is 11.3. The summed E-state index contributed by atoms with van der Waals surface area (Å²) < 4.78 is 53.9. The third-order valence-electron chi connectivity index (χ3n) is 5.69. The van der Waals surface area contributed by atoms with E-state index in [1.54, 1.807) is 11.0 Å². The molecule has 38 heavy (non-hydrogen) atoms. The molecule has 1 aromatic heterocycles. The summed E-state index contributed by atoms with van der Waals surface area (Å²) in [5, 5.41) is 3.71. The molecule has 1 aromatic carbocycles. The smallest absolute Gasteiger partial charge is 0.415 e. The molecule has 0 unspecified atom stereocenters. The van der Waals surface area contributed by atoms with Gasteiger partial charge in [0.1, 0.15) is 24.8 Å². The number of benzene rings is 1. The van der Waals surface area contributed by atoms with Gasteiger partial charge in [0.2, 0.25) is 13.8 Å². The van der Waals surface area contributed by atoms with Crippen molar-refractivity contribution >= 4 is 74.2 Å². The zero-order valence-corrected chi connectivity index (χ0v) is 22.9. The number of carbonyl (C=O) groups excluding carboxylic acids is 2. The Morgan fingerprint density at radius 3 is 2.71 bits per heavy atom. The normalized spacial score (nSPS) is 20.1. The first-order chi connectivity index (χ1) is 17.8. The Bertz CT molecular complexity index is 1280. The van der Waals surface area contributed by atoms with Crippen molar-refractivity contribution in [1.82, 2.24) is 9.88 Å². The zero-order valence-electron chi connectivity index (χ0n) is 19.9. The monoisotopic (exact) mass is 613 g/mol. The summed E-state index contributed by atoms with van der Waals surface area (Å²) in [5.74, 6) is -0.503. The summed E-state index contributed by atoms with van der Waals surface area (Å²) in [6, 6.07) is 5.34. The molecule has 17 heteroatoms. The third-order valence-corrected chi connectivity index (χ3v) is 6.78. The fourth-order valence-corrected chi connectivity index (χ4v) is 5.12. The molecule has 2 amide bonds. The Morgan fingerprint density at radius 1 is 1.32 bits per heavy atom. The molecule has 2 atom stereocenters. The summed E-state index contributed by atoms with van der Waals surface area (Å²) in [7, 11) is -3.38. The quantitative estimate of drug-likeness (QED) is 0.445.